The number of carbonyl (C=O) groups is 1. The molecular weight excluding hydrogens is 252 g/mol. The van der Waals surface area contributed by atoms with Gasteiger partial charge in [-0.25, -0.2) is 9.78 Å². The second-order valence-electron chi connectivity index (χ2n) is 4.41. The van der Waals surface area contributed by atoms with Gasteiger partial charge in [-0.3, -0.25) is 0 Å². The van der Waals surface area contributed by atoms with E-state index in [0.717, 1.165) is 17.9 Å². The zero-order valence-corrected chi connectivity index (χ0v) is 11.7. The van der Waals surface area contributed by atoms with Crippen molar-refractivity contribution in [2.75, 3.05) is 6.61 Å². The lowest BCUT2D eigenvalue weighted by Crippen LogP contribution is -2.01. The first-order chi connectivity index (χ1) is 9.70. The number of hydrogen-bond donors (Lipinski definition) is 0. The topological polar surface area (TPSA) is 44.1 Å². The minimum atomic E-state index is -0.343. The van der Waals surface area contributed by atoms with Crippen molar-refractivity contribution in [1.29, 1.82) is 0 Å². The van der Waals surface area contributed by atoms with Crippen molar-refractivity contribution in [2.45, 2.75) is 20.4 Å². The smallest absolute Gasteiger partial charge is 0.330 e. The van der Waals surface area contributed by atoms with Crippen LogP contribution in [0.2, 0.25) is 0 Å². The van der Waals surface area contributed by atoms with Crippen molar-refractivity contribution >= 4 is 12.0 Å². The molecule has 0 saturated carbocycles. The van der Waals surface area contributed by atoms with Gasteiger partial charge in [0, 0.05) is 18.3 Å². The first-order valence-electron chi connectivity index (χ1n) is 6.61. The average molecular weight is 270 g/mol. The molecule has 0 fully saturated rings. The number of rotatable bonds is 5. The Bertz CT molecular complexity index is 600. The molecule has 1 heterocycles. The van der Waals surface area contributed by atoms with Crippen LogP contribution in [0.4, 0.5) is 0 Å². The van der Waals surface area contributed by atoms with Crippen LogP contribution in [0.5, 0.6) is 0 Å². The van der Waals surface area contributed by atoms with E-state index in [2.05, 4.69) is 21.7 Å². The van der Waals surface area contributed by atoms with Crippen molar-refractivity contribution < 1.29 is 9.53 Å². The summed E-state index contributed by atoms with van der Waals surface area (Å²) < 4.78 is 6.90. The summed E-state index contributed by atoms with van der Waals surface area (Å²) in [5, 5.41) is 0. The average Bonchev–Trinajstić information content (AvgIpc) is 2.79. The van der Waals surface area contributed by atoms with Crippen LogP contribution in [0.3, 0.4) is 0 Å². The van der Waals surface area contributed by atoms with Gasteiger partial charge in [0.1, 0.15) is 0 Å². The normalized spacial score (nSPS) is 10.9. The standard InChI is InChI=1S/C16H18N2O2/c1-3-20-16(19)10-9-15-13(2)18(12-17-15)11-14-7-5-4-6-8-14/h4-10,12H,3,11H2,1-2H3/b10-9+. The lowest BCUT2D eigenvalue weighted by atomic mass is 10.2. The van der Waals surface area contributed by atoms with Gasteiger partial charge in [-0.15, -0.1) is 0 Å². The van der Waals surface area contributed by atoms with E-state index in [4.69, 9.17) is 4.74 Å². The molecule has 2 rings (SSSR count). The molecule has 104 valence electrons. The quantitative estimate of drug-likeness (QED) is 0.620. The number of imidazole rings is 1. The van der Waals surface area contributed by atoms with Crippen molar-refractivity contribution in [3.63, 3.8) is 0 Å². The highest BCUT2D eigenvalue weighted by molar-refractivity contribution is 5.86. The third-order valence-electron chi connectivity index (χ3n) is 3.00. The van der Waals surface area contributed by atoms with Crippen molar-refractivity contribution in [1.82, 2.24) is 9.55 Å². The highest BCUT2D eigenvalue weighted by Crippen LogP contribution is 2.11. The Balaban J connectivity index is 2.09. The maximum atomic E-state index is 11.3. The van der Waals surface area contributed by atoms with Crippen LogP contribution in [-0.2, 0) is 16.1 Å². The Morgan fingerprint density at radius 1 is 1.35 bits per heavy atom. The molecule has 0 amide bonds. The van der Waals surface area contributed by atoms with Gasteiger partial charge in [-0.05, 0) is 25.5 Å². The van der Waals surface area contributed by atoms with Gasteiger partial charge in [0.05, 0.1) is 18.6 Å². The van der Waals surface area contributed by atoms with Gasteiger partial charge in [-0.1, -0.05) is 30.3 Å². The fourth-order valence-electron chi connectivity index (χ4n) is 1.90. The summed E-state index contributed by atoms with van der Waals surface area (Å²) in [5.74, 6) is -0.343. The summed E-state index contributed by atoms with van der Waals surface area (Å²) in [6, 6.07) is 10.2. The molecule has 0 radical (unpaired) electrons. The zero-order valence-electron chi connectivity index (χ0n) is 11.7. The van der Waals surface area contributed by atoms with E-state index in [1.165, 1.54) is 11.6 Å². The molecule has 4 nitrogen and oxygen atoms in total. The van der Waals surface area contributed by atoms with Crippen molar-refractivity contribution in [3.8, 4) is 0 Å². The molecule has 0 bridgehead atoms. The largest absolute Gasteiger partial charge is 0.463 e. The predicted molar refractivity (Wildman–Crippen MR) is 78.2 cm³/mol. The number of benzene rings is 1. The van der Waals surface area contributed by atoms with E-state index in [1.54, 1.807) is 19.3 Å². The molecular formula is C16H18N2O2. The van der Waals surface area contributed by atoms with E-state index in [1.807, 2.05) is 25.1 Å². The molecule has 0 unspecified atom stereocenters. The molecule has 0 saturated heterocycles. The van der Waals surface area contributed by atoms with E-state index in [0.29, 0.717) is 6.61 Å². The lowest BCUT2D eigenvalue weighted by Gasteiger charge is -2.05. The van der Waals surface area contributed by atoms with Crippen LogP contribution in [-0.4, -0.2) is 22.1 Å². The minimum absolute atomic E-state index is 0.343. The monoisotopic (exact) mass is 270 g/mol. The van der Waals surface area contributed by atoms with E-state index in [9.17, 15) is 4.79 Å². The van der Waals surface area contributed by atoms with Crippen LogP contribution >= 0.6 is 0 Å². The van der Waals surface area contributed by atoms with Gasteiger partial charge < -0.3 is 9.30 Å². The highest BCUT2D eigenvalue weighted by Gasteiger charge is 2.05. The third kappa shape index (κ3) is 3.57. The van der Waals surface area contributed by atoms with Gasteiger partial charge in [-0.2, -0.15) is 0 Å². The summed E-state index contributed by atoms with van der Waals surface area (Å²) in [6.07, 6.45) is 4.88. The second kappa shape index (κ2) is 6.70. The van der Waals surface area contributed by atoms with Gasteiger partial charge in [0.15, 0.2) is 0 Å². The minimum Gasteiger partial charge on any atom is -0.463 e. The van der Waals surface area contributed by atoms with Gasteiger partial charge in [0.25, 0.3) is 0 Å². The molecule has 4 heteroatoms. The van der Waals surface area contributed by atoms with E-state index >= 15 is 0 Å². The van der Waals surface area contributed by atoms with Crippen molar-refractivity contribution in [2.24, 2.45) is 0 Å². The molecule has 0 aliphatic rings. The maximum absolute atomic E-state index is 11.3. The Hall–Kier alpha value is -2.36. The summed E-state index contributed by atoms with van der Waals surface area (Å²) in [4.78, 5) is 15.6. The van der Waals surface area contributed by atoms with Gasteiger partial charge in [0.2, 0.25) is 0 Å². The molecule has 1 aromatic heterocycles. The fraction of sp³-hybridized carbons (Fsp3) is 0.250. The Labute approximate surface area is 118 Å². The molecule has 0 N–H and O–H groups in total. The number of esters is 1. The number of nitrogens with zero attached hydrogens (tertiary/aromatic N) is 2. The van der Waals surface area contributed by atoms with Crippen LogP contribution in [0, 0.1) is 6.92 Å². The van der Waals surface area contributed by atoms with Crippen LogP contribution in [0.15, 0.2) is 42.7 Å². The zero-order chi connectivity index (χ0) is 14.4. The van der Waals surface area contributed by atoms with Crippen LogP contribution in [0.1, 0.15) is 23.9 Å². The lowest BCUT2D eigenvalue weighted by molar-refractivity contribution is -0.137. The SMILES string of the molecule is CCOC(=O)/C=C/c1ncn(Cc2ccccc2)c1C. The molecule has 0 atom stereocenters. The third-order valence-corrected chi connectivity index (χ3v) is 3.00. The van der Waals surface area contributed by atoms with Crippen LogP contribution < -0.4 is 0 Å². The van der Waals surface area contributed by atoms with E-state index in [-0.39, 0.29) is 5.97 Å². The molecule has 0 aliphatic carbocycles. The summed E-state index contributed by atoms with van der Waals surface area (Å²) >= 11 is 0. The molecule has 0 aliphatic heterocycles. The molecule has 2 aromatic rings. The highest BCUT2D eigenvalue weighted by atomic mass is 16.5. The maximum Gasteiger partial charge on any atom is 0.330 e. The number of aromatic nitrogens is 2. The summed E-state index contributed by atoms with van der Waals surface area (Å²) in [7, 11) is 0. The Morgan fingerprint density at radius 3 is 2.80 bits per heavy atom. The summed E-state index contributed by atoms with van der Waals surface area (Å²) in [5.41, 5.74) is 3.03. The second-order valence-corrected chi connectivity index (χ2v) is 4.41. The van der Waals surface area contributed by atoms with Crippen LogP contribution in [0.25, 0.3) is 6.08 Å². The number of ether oxygens (including phenoxy) is 1. The first-order valence-corrected chi connectivity index (χ1v) is 6.61. The fourth-order valence-corrected chi connectivity index (χ4v) is 1.90. The Kier molecular flexibility index (Phi) is 4.71. The molecule has 20 heavy (non-hydrogen) atoms. The predicted octanol–water partition coefficient (Wildman–Crippen LogP) is 2.82. The van der Waals surface area contributed by atoms with E-state index < -0.39 is 0 Å². The Morgan fingerprint density at radius 2 is 2.10 bits per heavy atom. The van der Waals surface area contributed by atoms with Crippen molar-refractivity contribution in [3.05, 3.63) is 59.7 Å². The molecule has 1 aromatic carbocycles. The first kappa shape index (κ1) is 14.1. The number of carbonyl (C=O) groups excluding carboxylic acids is 1. The number of hydrogen-bond acceptors (Lipinski definition) is 3. The summed E-state index contributed by atoms with van der Waals surface area (Å²) in [6.45, 7) is 4.92. The molecule has 0 spiro atoms. The van der Waals surface area contributed by atoms with Gasteiger partial charge >= 0.3 is 5.97 Å².